The summed E-state index contributed by atoms with van der Waals surface area (Å²) < 4.78 is 27.1. The van der Waals surface area contributed by atoms with Gasteiger partial charge in [-0.25, -0.2) is 13.8 Å². The van der Waals surface area contributed by atoms with Gasteiger partial charge in [-0.2, -0.15) is 0 Å². The molecule has 1 aliphatic rings. The number of nitrogens with zero attached hydrogens (tertiary/aromatic N) is 2. The second-order valence-corrected chi connectivity index (χ2v) is 8.66. The van der Waals surface area contributed by atoms with Gasteiger partial charge in [-0.05, 0) is 41.7 Å². The Bertz CT molecular complexity index is 947. The Hall–Kier alpha value is -2.83. The van der Waals surface area contributed by atoms with Gasteiger partial charge in [0.1, 0.15) is 17.5 Å². The Morgan fingerprint density at radius 1 is 1.14 bits per heavy atom. The maximum atomic E-state index is 13.5. The van der Waals surface area contributed by atoms with Gasteiger partial charge in [0.2, 0.25) is 11.8 Å². The molecule has 1 aromatic heterocycles. The van der Waals surface area contributed by atoms with E-state index in [2.05, 4.69) is 10.3 Å². The minimum Gasteiger partial charge on any atom is -0.310 e. The van der Waals surface area contributed by atoms with Crippen molar-refractivity contribution in [2.24, 2.45) is 5.41 Å². The number of pyridine rings is 1. The number of hydrogen-bond acceptors (Lipinski definition) is 3. The van der Waals surface area contributed by atoms with Crippen LogP contribution < -0.4 is 10.2 Å². The van der Waals surface area contributed by atoms with Gasteiger partial charge in [0, 0.05) is 25.3 Å². The molecule has 7 heteroatoms. The highest BCUT2D eigenvalue weighted by Crippen LogP contribution is 2.32. The number of halogens is 2. The Balaban J connectivity index is 1.88. The first-order chi connectivity index (χ1) is 13.5. The molecular weight excluding hydrogens is 376 g/mol. The summed E-state index contributed by atoms with van der Waals surface area (Å²) in [4.78, 5) is 30.9. The van der Waals surface area contributed by atoms with Crippen molar-refractivity contribution in [3.8, 4) is 0 Å². The molecule has 0 bridgehead atoms. The molecule has 0 radical (unpaired) electrons. The zero-order chi connectivity index (χ0) is 21.3. The lowest BCUT2D eigenvalue weighted by molar-refractivity contribution is -0.119. The average molecular weight is 401 g/mol. The van der Waals surface area contributed by atoms with Crippen molar-refractivity contribution in [3.05, 3.63) is 52.7 Å². The molecule has 0 aliphatic carbocycles. The first-order valence-electron chi connectivity index (χ1n) is 9.57. The maximum Gasteiger partial charge on any atom is 0.227 e. The number of carbonyl (C=O) groups is 2. The lowest BCUT2D eigenvalue weighted by atomic mass is 9.92. The van der Waals surface area contributed by atoms with E-state index in [9.17, 15) is 18.4 Å². The number of aryl methyl sites for hydroxylation is 2. The van der Waals surface area contributed by atoms with Gasteiger partial charge >= 0.3 is 0 Å². The molecule has 2 heterocycles. The third-order valence-electron chi connectivity index (χ3n) is 4.65. The summed E-state index contributed by atoms with van der Waals surface area (Å²) in [6.07, 6.45) is 1.06. The molecule has 29 heavy (non-hydrogen) atoms. The quantitative estimate of drug-likeness (QED) is 0.819. The lowest BCUT2D eigenvalue weighted by Gasteiger charge is -2.30. The van der Waals surface area contributed by atoms with E-state index in [-0.39, 0.29) is 30.2 Å². The van der Waals surface area contributed by atoms with Crippen molar-refractivity contribution in [3.63, 3.8) is 0 Å². The molecule has 1 aliphatic heterocycles. The molecule has 0 saturated heterocycles. The van der Waals surface area contributed by atoms with Crippen molar-refractivity contribution in [2.75, 3.05) is 10.2 Å². The summed E-state index contributed by atoms with van der Waals surface area (Å²) in [5.74, 6) is -1.14. The Kier molecular flexibility index (Phi) is 5.68. The number of anilines is 2. The second-order valence-electron chi connectivity index (χ2n) is 8.66. The van der Waals surface area contributed by atoms with Crippen LogP contribution in [-0.4, -0.2) is 16.8 Å². The molecule has 0 fully saturated rings. The standard InChI is InChI=1S/C22H25F2N3O2/c1-13-7-18-17(25-21(13)26-19(28)11-22(2,3)4)5-6-20(29)27(18)12-14-8-15(23)10-16(24)9-14/h7-10H,5-6,11-12H2,1-4H3,(H,25,26,28). The Morgan fingerprint density at radius 3 is 2.41 bits per heavy atom. The molecule has 0 atom stereocenters. The van der Waals surface area contributed by atoms with E-state index in [0.717, 1.165) is 11.6 Å². The minimum absolute atomic E-state index is 0.0529. The highest BCUT2D eigenvalue weighted by atomic mass is 19.1. The van der Waals surface area contributed by atoms with Gasteiger partial charge in [0.25, 0.3) is 0 Å². The molecule has 2 aromatic rings. The van der Waals surface area contributed by atoms with Crippen LogP contribution >= 0.6 is 0 Å². The van der Waals surface area contributed by atoms with E-state index >= 15 is 0 Å². The SMILES string of the molecule is Cc1cc2c(nc1NC(=O)CC(C)(C)C)CCC(=O)N2Cc1cc(F)cc(F)c1. The summed E-state index contributed by atoms with van der Waals surface area (Å²) in [5.41, 5.74) is 2.23. The fourth-order valence-corrected chi connectivity index (χ4v) is 3.39. The fourth-order valence-electron chi connectivity index (χ4n) is 3.39. The van der Waals surface area contributed by atoms with Crippen LogP contribution in [0.3, 0.4) is 0 Å². The van der Waals surface area contributed by atoms with Crippen LogP contribution in [0.5, 0.6) is 0 Å². The van der Waals surface area contributed by atoms with E-state index in [1.54, 1.807) is 13.0 Å². The van der Waals surface area contributed by atoms with Crippen LogP contribution in [0.1, 0.15) is 50.4 Å². The van der Waals surface area contributed by atoms with E-state index < -0.39 is 11.6 Å². The number of hydrogen-bond donors (Lipinski definition) is 1. The number of rotatable bonds is 4. The molecule has 2 amide bonds. The predicted molar refractivity (Wildman–Crippen MR) is 108 cm³/mol. The normalized spacial score (nSPS) is 14.0. The monoisotopic (exact) mass is 401 g/mol. The zero-order valence-electron chi connectivity index (χ0n) is 17.1. The molecule has 1 N–H and O–H groups in total. The molecular formula is C22H25F2N3O2. The molecule has 0 unspecified atom stereocenters. The highest BCUT2D eigenvalue weighted by Gasteiger charge is 2.27. The Labute approximate surface area is 169 Å². The predicted octanol–water partition coefficient (Wildman–Crippen LogP) is 4.52. The summed E-state index contributed by atoms with van der Waals surface area (Å²) in [6.45, 7) is 7.81. The van der Waals surface area contributed by atoms with Crippen molar-refractivity contribution >= 4 is 23.3 Å². The number of fused-ring (bicyclic) bond motifs is 1. The van der Waals surface area contributed by atoms with Gasteiger partial charge < -0.3 is 10.2 Å². The summed E-state index contributed by atoms with van der Waals surface area (Å²) in [7, 11) is 0. The first kappa shape index (κ1) is 20.9. The zero-order valence-corrected chi connectivity index (χ0v) is 17.1. The van der Waals surface area contributed by atoms with Crippen molar-refractivity contribution < 1.29 is 18.4 Å². The molecule has 0 saturated carbocycles. The van der Waals surface area contributed by atoms with E-state index in [1.807, 2.05) is 20.8 Å². The smallest absolute Gasteiger partial charge is 0.227 e. The number of nitrogens with one attached hydrogen (secondary N) is 1. The average Bonchev–Trinajstić information content (AvgIpc) is 2.56. The highest BCUT2D eigenvalue weighted by molar-refractivity contribution is 5.97. The van der Waals surface area contributed by atoms with E-state index in [0.29, 0.717) is 35.6 Å². The van der Waals surface area contributed by atoms with Crippen LogP contribution in [-0.2, 0) is 22.6 Å². The van der Waals surface area contributed by atoms with Crippen molar-refractivity contribution in [1.82, 2.24) is 4.98 Å². The number of aromatic nitrogens is 1. The van der Waals surface area contributed by atoms with Crippen molar-refractivity contribution in [2.45, 2.75) is 53.5 Å². The lowest BCUT2D eigenvalue weighted by Crippen LogP contribution is -2.35. The third kappa shape index (κ3) is 5.16. The van der Waals surface area contributed by atoms with Crippen molar-refractivity contribution in [1.29, 1.82) is 0 Å². The van der Waals surface area contributed by atoms with E-state index in [1.165, 1.54) is 17.0 Å². The summed E-state index contributed by atoms with van der Waals surface area (Å²) in [6, 6.07) is 5.02. The summed E-state index contributed by atoms with van der Waals surface area (Å²) >= 11 is 0. The second kappa shape index (κ2) is 7.89. The largest absolute Gasteiger partial charge is 0.310 e. The molecule has 154 valence electrons. The van der Waals surface area contributed by atoms with Crippen LogP contribution in [0.25, 0.3) is 0 Å². The topological polar surface area (TPSA) is 62.3 Å². The van der Waals surface area contributed by atoms with Gasteiger partial charge in [-0.3, -0.25) is 9.59 Å². The molecule has 0 spiro atoms. The van der Waals surface area contributed by atoms with Gasteiger partial charge in [-0.1, -0.05) is 20.8 Å². The number of benzene rings is 1. The fraction of sp³-hybridized carbons (Fsp3) is 0.409. The number of amides is 2. The molecule has 5 nitrogen and oxygen atoms in total. The Morgan fingerprint density at radius 2 is 1.79 bits per heavy atom. The van der Waals surface area contributed by atoms with Crippen LogP contribution in [0, 0.1) is 24.0 Å². The van der Waals surface area contributed by atoms with E-state index in [4.69, 9.17) is 0 Å². The maximum absolute atomic E-state index is 13.5. The molecule has 1 aromatic carbocycles. The van der Waals surface area contributed by atoms with Gasteiger partial charge in [0.05, 0.1) is 17.9 Å². The summed E-state index contributed by atoms with van der Waals surface area (Å²) in [5, 5.41) is 2.85. The molecule has 3 rings (SSSR count). The van der Waals surface area contributed by atoms with Crippen LogP contribution in [0.2, 0.25) is 0 Å². The van der Waals surface area contributed by atoms with Gasteiger partial charge in [0.15, 0.2) is 0 Å². The van der Waals surface area contributed by atoms with Crippen LogP contribution in [0.15, 0.2) is 24.3 Å². The number of carbonyl (C=O) groups excluding carboxylic acids is 2. The van der Waals surface area contributed by atoms with Crippen LogP contribution in [0.4, 0.5) is 20.3 Å². The minimum atomic E-state index is -0.684. The third-order valence-corrected chi connectivity index (χ3v) is 4.65. The first-order valence-corrected chi connectivity index (χ1v) is 9.57. The van der Waals surface area contributed by atoms with Gasteiger partial charge in [-0.15, -0.1) is 0 Å².